The van der Waals surface area contributed by atoms with Crippen LogP contribution in [-0.2, 0) is 13.6 Å². The summed E-state index contributed by atoms with van der Waals surface area (Å²) in [6.45, 7) is 0.566. The Morgan fingerprint density at radius 1 is 1.35 bits per heavy atom. The third-order valence-electron chi connectivity index (χ3n) is 3.04. The second-order valence-electron chi connectivity index (χ2n) is 4.23. The fourth-order valence-corrected chi connectivity index (χ4v) is 2.31. The van der Waals surface area contributed by atoms with Crippen molar-refractivity contribution in [2.45, 2.75) is 13.0 Å². The number of fused-ring (bicyclic) bond motifs is 1. The molecule has 0 saturated carbocycles. The topological polar surface area (TPSA) is 92.8 Å². The minimum Gasteiger partial charge on any atom is -0.267 e. The molecule has 7 nitrogen and oxygen atoms in total. The van der Waals surface area contributed by atoms with Crippen LogP contribution in [0.15, 0.2) is 32.9 Å². The summed E-state index contributed by atoms with van der Waals surface area (Å²) >= 11 is 5.99. The van der Waals surface area contributed by atoms with E-state index in [1.54, 1.807) is 18.2 Å². The van der Waals surface area contributed by atoms with Gasteiger partial charge >= 0.3 is 0 Å². The van der Waals surface area contributed by atoms with Crippen molar-refractivity contribution >= 4 is 22.4 Å². The zero-order valence-corrected chi connectivity index (χ0v) is 11.5. The van der Waals surface area contributed by atoms with Crippen LogP contribution in [0.2, 0.25) is 5.02 Å². The molecule has 0 spiro atoms. The maximum absolute atomic E-state index is 12.4. The van der Waals surface area contributed by atoms with Crippen LogP contribution in [-0.4, -0.2) is 15.9 Å². The fourth-order valence-electron chi connectivity index (χ4n) is 2.05. The zero-order valence-electron chi connectivity index (χ0n) is 10.8. The Morgan fingerprint density at radius 2 is 2.10 bits per heavy atom. The number of benzene rings is 1. The second-order valence-corrected chi connectivity index (χ2v) is 4.63. The average molecular weight is 294 g/mol. The van der Waals surface area contributed by atoms with Crippen LogP contribution in [0.1, 0.15) is 6.42 Å². The van der Waals surface area contributed by atoms with Gasteiger partial charge in [0.2, 0.25) is 0 Å². The van der Waals surface area contributed by atoms with Crippen molar-refractivity contribution in [1.82, 2.24) is 9.36 Å². The summed E-state index contributed by atoms with van der Waals surface area (Å²) in [6, 6.07) is 4.79. The molecule has 0 aliphatic rings. The SMILES string of the molecule is Cn1c(=O)c2c(Cl)cccc2c(=O)n1CCCN=[N+]=[N-]. The Hall–Kier alpha value is -2.24. The maximum Gasteiger partial charge on any atom is 0.274 e. The molecular weight excluding hydrogens is 282 g/mol. The van der Waals surface area contributed by atoms with Crippen molar-refractivity contribution in [3.05, 3.63) is 54.4 Å². The van der Waals surface area contributed by atoms with Crippen molar-refractivity contribution in [2.75, 3.05) is 6.54 Å². The van der Waals surface area contributed by atoms with E-state index in [1.807, 2.05) is 0 Å². The Bertz CT molecular complexity index is 817. The molecule has 20 heavy (non-hydrogen) atoms. The molecule has 1 aromatic heterocycles. The van der Waals surface area contributed by atoms with Crippen LogP contribution < -0.4 is 11.1 Å². The Morgan fingerprint density at radius 3 is 2.80 bits per heavy atom. The number of rotatable bonds is 4. The molecule has 1 aromatic carbocycles. The quantitative estimate of drug-likeness (QED) is 0.373. The van der Waals surface area contributed by atoms with Crippen LogP contribution in [0.5, 0.6) is 0 Å². The van der Waals surface area contributed by atoms with Gasteiger partial charge in [0.1, 0.15) is 0 Å². The maximum atomic E-state index is 12.4. The van der Waals surface area contributed by atoms with Gasteiger partial charge in [-0.2, -0.15) is 0 Å². The minimum atomic E-state index is -0.325. The number of nitrogens with zero attached hydrogens (tertiary/aromatic N) is 5. The summed E-state index contributed by atoms with van der Waals surface area (Å²) in [4.78, 5) is 27.2. The van der Waals surface area contributed by atoms with Gasteiger partial charge < -0.3 is 0 Å². The third-order valence-corrected chi connectivity index (χ3v) is 3.35. The molecule has 1 heterocycles. The van der Waals surface area contributed by atoms with Crippen LogP contribution in [0.3, 0.4) is 0 Å². The first-order valence-corrected chi connectivity index (χ1v) is 6.35. The van der Waals surface area contributed by atoms with E-state index in [0.29, 0.717) is 18.4 Å². The van der Waals surface area contributed by atoms with Gasteiger partial charge in [0.15, 0.2) is 0 Å². The summed E-state index contributed by atoms with van der Waals surface area (Å²) in [5, 5.41) is 4.19. The number of halogens is 1. The highest BCUT2D eigenvalue weighted by Gasteiger charge is 2.12. The standard InChI is InChI=1S/C12H12ClN5O2/c1-17-12(20)10-8(4-2-5-9(10)13)11(19)18(17)7-3-6-15-16-14/h2,4-5H,3,6-7H2,1H3. The van der Waals surface area contributed by atoms with E-state index in [9.17, 15) is 9.59 Å². The number of aromatic nitrogens is 2. The molecule has 0 radical (unpaired) electrons. The summed E-state index contributed by atoms with van der Waals surface area (Å²) in [7, 11) is 1.51. The first-order chi connectivity index (χ1) is 9.57. The van der Waals surface area contributed by atoms with E-state index in [2.05, 4.69) is 10.0 Å². The average Bonchev–Trinajstić information content (AvgIpc) is 2.44. The van der Waals surface area contributed by atoms with Crippen molar-refractivity contribution in [1.29, 1.82) is 0 Å². The van der Waals surface area contributed by atoms with Gasteiger partial charge in [-0.25, -0.2) is 4.68 Å². The lowest BCUT2D eigenvalue weighted by Gasteiger charge is -2.12. The molecule has 0 unspecified atom stereocenters. The van der Waals surface area contributed by atoms with Gasteiger partial charge in [0, 0.05) is 25.0 Å². The van der Waals surface area contributed by atoms with Crippen molar-refractivity contribution in [3.8, 4) is 0 Å². The normalized spacial score (nSPS) is 10.5. The molecule has 8 heteroatoms. The van der Waals surface area contributed by atoms with Gasteiger partial charge in [-0.1, -0.05) is 22.8 Å². The highest BCUT2D eigenvalue weighted by molar-refractivity contribution is 6.35. The number of hydrogen-bond donors (Lipinski definition) is 0. The monoisotopic (exact) mass is 293 g/mol. The molecule has 104 valence electrons. The second kappa shape index (κ2) is 5.81. The first kappa shape index (κ1) is 14.2. The molecule has 0 N–H and O–H groups in total. The Balaban J connectivity index is 2.60. The lowest BCUT2D eigenvalue weighted by atomic mass is 10.2. The lowest BCUT2D eigenvalue weighted by molar-refractivity contribution is 0.458. The molecular formula is C12H12ClN5O2. The Labute approximate surface area is 118 Å². The van der Waals surface area contributed by atoms with Crippen LogP contribution in [0.25, 0.3) is 21.2 Å². The van der Waals surface area contributed by atoms with Crippen LogP contribution >= 0.6 is 11.6 Å². The van der Waals surface area contributed by atoms with Crippen LogP contribution in [0.4, 0.5) is 0 Å². The Kier molecular flexibility index (Phi) is 4.12. The van der Waals surface area contributed by atoms with E-state index in [-0.39, 0.29) is 28.1 Å². The molecule has 0 aliphatic heterocycles. The van der Waals surface area contributed by atoms with Crippen molar-refractivity contribution in [3.63, 3.8) is 0 Å². The predicted molar refractivity (Wildman–Crippen MR) is 77.1 cm³/mol. The molecule has 0 amide bonds. The molecule has 0 saturated heterocycles. The fraction of sp³-hybridized carbons (Fsp3) is 0.333. The highest BCUT2D eigenvalue weighted by atomic mass is 35.5. The molecule has 0 aliphatic carbocycles. The molecule has 0 atom stereocenters. The summed E-state index contributed by atoms with van der Waals surface area (Å²) in [5.74, 6) is 0. The van der Waals surface area contributed by atoms with Crippen LogP contribution in [0, 0.1) is 0 Å². The highest BCUT2D eigenvalue weighted by Crippen LogP contribution is 2.16. The third kappa shape index (κ3) is 2.41. The van der Waals surface area contributed by atoms with Gasteiger partial charge in [-0.15, -0.1) is 0 Å². The van der Waals surface area contributed by atoms with Gasteiger partial charge in [0.25, 0.3) is 11.1 Å². The number of hydrogen-bond acceptors (Lipinski definition) is 3. The molecule has 2 rings (SSSR count). The predicted octanol–water partition coefficient (Wildman–Crippen LogP) is 2.05. The van der Waals surface area contributed by atoms with Gasteiger partial charge in [0.05, 0.1) is 15.8 Å². The zero-order chi connectivity index (χ0) is 14.7. The minimum absolute atomic E-state index is 0.230. The smallest absolute Gasteiger partial charge is 0.267 e. The molecule has 2 aromatic rings. The first-order valence-electron chi connectivity index (χ1n) is 5.97. The van der Waals surface area contributed by atoms with E-state index in [4.69, 9.17) is 17.1 Å². The van der Waals surface area contributed by atoms with Crippen molar-refractivity contribution in [2.24, 2.45) is 12.2 Å². The molecule has 0 fully saturated rings. The van der Waals surface area contributed by atoms with Crippen molar-refractivity contribution < 1.29 is 0 Å². The van der Waals surface area contributed by atoms with E-state index >= 15 is 0 Å². The summed E-state index contributed by atoms with van der Waals surface area (Å²) in [5.41, 5.74) is 7.60. The number of azide groups is 1. The lowest BCUT2D eigenvalue weighted by Crippen LogP contribution is -2.37. The van der Waals surface area contributed by atoms with Gasteiger partial charge in [-0.05, 0) is 24.1 Å². The van der Waals surface area contributed by atoms with E-state index < -0.39 is 0 Å². The van der Waals surface area contributed by atoms with Gasteiger partial charge in [-0.3, -0.25) is 14.3 Å². The molecule has 0 bridgehead atoms. The summed E-state index contributed by atoms with van der Waals surface area (Å²) < 4.78 is 2.57. The van der Waals surface area contributed by atoms with E-state index in [1.165, 1.54) is 16.4 Å². The van der Waals surface area contributed by atoms with E-state index in [0.717, 1.165) is 0 Å². The summed E-state index contributed by atoms with van der Waals surface area (Å²) in [6.07, 6.45) is 0.476. The largest absolute Gasteiger partial charge is 0.274 e.